The minimum Gasteiger partial charge on any atom is -0.475 e. The molecule has 0 radical (unpaired) electrons. The molecule has 0 bridgehead atoms. The number of nitrogens with one attached hydrogen (secondary N) is 3. The van der Waals surface area contributed by atoms with Crippen molar-refractivity contribution in [2.75, 3.05) is 56.0 Å². The van der Waals surface area contributed by atoms with Crippen LogP contribution in [-0.2, 0) is 14.4 Å². The molecule has 5 aliphatic rings. The number of aliphatic carboxylic acids is 1. The largest absolute Gasteiger partial charge is 0.490 e. The molecule has 1 unspecified atom stereocenters. The summed E-state index contributed by atoms with van der Waals surface area (Å²) in [7, 11) is 0. The van der Waals surface area contributed by atoms with Crippen molar-refractivity contribution in [3.63, 3.8) is 0 Å². The quantitative estimate of drug-likeness (QED) is 0.0866. The molecule has 5 aliphatic heterocycles. The number of alkyl halides is 3. The lowest BCUT2D eigenvalue weighted by atomic mass is 9.94. The number of hydrogen-bond acceptors (Lipinski definition) is 13. The van der Waals surface area contributed by atoms with Gasteiger partial charge < -0.3 is 34.8 Å². The smallest absolute Gasteiger partial charge is 0.475 e. The first-order valence-electron chi connectivity index (χ1n) is 22.6. The van der Waals surface area contributed by atoms with E-state index in [9.17, 15) is 37.1 Å². The Morgan fingerprint density at radius 2 is 1.55 bits per heavy atom. The topological polar surface area (TPSA) is 210 Å². The first-order valence-corrected chi connectivity index (χ1v) is 23.0. The van der Waals surface area contributed by atoms with E-state index in [0.717, 1.165) is 82.1 Å². The number of hydrogen-bond donors (Lipinski definition) is 4. The molecule has 0 saturated carbocycles. The van der Waals surface area contributed by atoms with E-state index >= 15 is 0 Å². The van der Waals surface area contributed by atoms with Gasteiger partial charge in [-0.2, -0.15) is 13.2 Å². The second-order valence-corrected chi connectivity index (χ2v) is 18.2. The maximum Gasteiger partial charge on any atom is 0.490 e. The lowest BCUT2D eigenvalue weighted by molar-refractivity contribution is -0.192. The summed E-state index contributed by atoms with van der Waals surface area (Å²) < 4.78 is 37.6. The Morgan fingerprint density at radius 3 is 2.23 bits per heavy atom. The maximum atomic E-state index is 13.9. The summed E-state index contributed by atoms with van der Waals surface area (Å²) in [6, 6.07) is 19.6. The van der Waals surface area contributed by atoms with Gasteiger partial charge in [-0.05, 0) is 87.7 Å². The van der Waals surface area contributed by atoms with Crippen LogP contribution in [0.15, 0.2) is 79.3 Å². The fraction of sp³-hybridized carbons (Fsp3) is 0.375. The number of para-hydroxylation sites is 1. The number of nitrogens with zero attached hydrogens (tertiary/aromatic N) is 6. The number of piperidine rings is 3. The van der Waals surface area contributed by atoms with Crippen LogP contribution in [0, 0.1) is 5.92 Å². The molecule has 7 heterocycles. The number of carboxylic acids is 1. The van der Waals surface area contributed by atoms with Crippen LogP contribution in [-0.4, -0.2) is 140 Å². The van der Waals surface area contributed by atoms with Gasteiger partial charge in [-0.15, -0.1) is 0 Å². The number of rotatable bonds is 11. The molecule has 21 heteroatoms. The Labute approximate surface area is 397 Å². The van der Waals surface area contributed by atoms with E-state index in [0.29, 0.717) is 67.6 Å². The number of carbonyl (C=O) groups excluding carboxylic acids is 5. The number of amides is 4. The Kier molecular flexibility index (Phi) is 13.4. The maximum absolute atomic E-state index is 13.9. The number of halogens is 4. The number of ketones is 1. The normalized spacial score (nSPS) is 19.7. The molecule has 0 aliphatic carbocycles. The number of carboxylic acid groups (broad SMARTS) is 1. The minimum atomic E-state index is -5.08. The second kappa shape index (κ2) is 19.6. The molecular weight excluding hydrogens is 923 g/mol. The SMILES string of the molecule is O=C(O)C(F)(F)F.O=C1CCC(N2C(=O)c3ccc(N4CC(CN5CCC(N6CCC(Nc7ncnc8[nH]cc(C(=O)c9ccc(Oc%10ccccc%10)cc9Cl)c78)CC6)CC5)C4)cc3C2=O)C(=O)N1. The molecule has 17 nitrogen and oxygen atoms in total. The van der Waals surface area contributed by atoms with Crippen LogP contribution in [0.1, 0.15) is 75.2 Å². The molecule has 0 spiro atoms. The van der Waals surface area contributed by atoms with Gasteiger partial charge >= 0.3 is 12.1 Å². The Balaban J connectivity index is 0.000000788. The van der Waals surface area contributed by atoms with Crippen LogP contribution in [0.5, 0.6) is 11.5 Å². The summed E-state index contributed by atoms with van der Waals surface area (Å²) in [5, 5.41) is 14.0. The van der Waals surface area contributed by atoms with Crippen LogP contribution < -0.4 is 20.3 Å². The number of aromatic nitrogens is 3. The number of anilines is 2. The highest BCUT2D eigenvalue weighted by molar-refractivity contribution is 6.36. The Morgan fingerprint density at radius 1 is 0.841 bits per heavy atom. The summed E-state index contributed by atoms with van der Waals surface area (Å²) in [5.74, 6) is -2.57. The van der Waals surface area contributed by atoms with Crippen LogP contribution in [0.2, 0.25) is 5.02 Å². The predicted molar refractivity (Wildman–Crippen MR) is 245 cm³/mol. The molecule has 2 aromatic heterocycles. The van der Waals surface area contributed by atoms with E-state index in [1.165, 1.54) is 6.33 Å². The third kappa shape index (κ3) is 10.1. The standard InChI is InChI=1S/C46H46ClN9O6.C2HF3O2/c47-37-21-32(62-31-4-2-1-3-5-31)7-9-34(37)41(58)36-22-48-42-40(36)43(50-26-49-42)51-28-12-18-54(19-13-28)29-14-16-53(17-15-29)23-27-24-55(25-27)30-6-8-33-35(20-30)46(61)56(45(33)60)38-10-11-39(57)52-44(38)59;3-2(4,5)1(6)7/h1-9,20-22,26-29,38H,10-19,23-25H2,(H,52,57,59)(H2,48,49,50,51);(H,6,7). The number of H-pyrrole nitrogens is 1. The van der Waals surface area contributed by atoms with Gasteiger partial charge in [-0.3, -0.25) is 34.2 Å². The zero-order valence-electron chi connectivity index (χ0n) is 37.0. The number of carbonyl (C=O) groups is 6. The highest BCUT2D eigenvalue weighted by atomic mass is 35.5. The van der Waals surface area contributed by atoms with E-state index in [1.807, 2.05) is 36.4 Å². The van der Waals surface area contributed by atoms with Gasteiger partial charge in [0.05, 0.1) is 27.1 Å². The molecule has 5 aromatic rings. The van der Waals surface area contributed by atoms with Crippen LogP contribution in [0.4, 0.5) is 24.7 Å². The van der Waals surface area contributed by atoms with Gasteiger partial charge in [0.1, 0.15) is 35.3 Å². The monoisotopic (exact) mass is 969 g/mol. The van der Waals surface area contributed by atoms with Crippen molar-refractivity contribution >= 4 is 69.5 Å². The molecule has 4 N–H and O–H groups in total. The van der Waals surface area contributed by atoms with E-state index in [1.54, 1.807) is 36.5 Å². The van der Waals surface area contributed by atoms with Gasteiger partial charge in [0, 0.05) is 80.7 Å². The van der Waals surface area contributed by atoms with Gasteiger partial charge in [-0.25, -0.2) is 14.8 Å². The molecular formula is C48H47ClF3N9O8. The third-order valence-corrected chi connectivity index (χ3v) is 13.6. The van der Waals surface area contributed by atoms with Gasteiger partial charge in [0.2, 0.25) is 11.8 Å². The minimum absolute atomic E-state index is 0.0945. The van der Waals surface area contributed by atoms with E-state index in [4.69, 9.17) is 26.2 Å². The molecule has 3 aromatic carbocycles. The molecule has 10 rings (SSSR count). The van der Waals surface area contributed by atoms with Gasteiger partial charge in [-0.1, -0.05) is 29.8 Å². The number of benzene rings is 3. The number of imide groups is 2. The Bertz CT molecular complexity index is 2810. The molecule has 1 atom stereocenters. The second-order valence-electron chi connectivity index (χ2n) is 17.8. The highest BCUT2D eigenvalue weighted by Gasteiger charge is 2.45. The summed E-state index contributed by atoms with van der Waals surface area (Å²) in [4.78, 5) is 93.9. The molecule has 4 saturated heterocycles. The number of fused-ring (bicyclic) bond motifs is 2. The summed E-state index contributed by atoms with van der Waals surface area (Å²) in [6.45, 7) is 6.86. The molecule has 69 heavy (non-hydrogen) atoms. The molecule has 4 amide bonds. The summed E-state index contributed by atoms with van der Waals surface area (Å²) in [5.41, 5.74) is 2.92. The number of aromatic amines is 1. The first kappa shape index (κ1) is 47.2. The van der Waals surface area contributed by atoms with Gasteiger partial charge in [0.15, 0.2) is 5.78 Å². The van der Waals surface area contributed by atoms with Crippen molar-refractivity contribution in [1.82, 2.24) is 35.0 Å². The predicted octanol–water partition coefficient (Wildman–Crippen LogP) is 6.15. The fourth-order valence-corrected chi connectivity index (χ4v) is 10.0. The van der Waals surface area contributed by atoms with Crippen molar-refractivity contribution < 1.29 is 51.8 Å². The van der Waals surface area contributed by atoms with E-state index < -0.39 is 35.9 Å². The summed E-state index contributed by atoms with van der Waals surface area (Å²) in [6.07, 6.45) is 2.52. The van der Waals surface area contributed by atoms with Crippen molar-refractivity contribution in [3.8, 4) is 11.5 Å². The van der Waals surface area contributed by atoms with Crippen LogP contribution >= 0.6 is 11.6 Å². The Hall–Kier alpha value is -6.90. The first-order chi connectivity index (χ1) is 33.1. The van der Waals surface area contributed by atoms with Crippen LogP contribution in [0.25, 0.3) is 11.0 Å². The van der Waals surface area contributed by atoms with Crippen LogP contribution in [0.3, 0.4) is 0 Å². The van der Waals surface area contributed by atoms with Crippen molar-refractivity contribution in [3.05, 3.63) is 107 Å². The average Bonchev–Trinajstić information content (AvgIpc) is 3.86. The molecule has 4 fully saturated rings. The third-order valence-electron chi connectivity index (χ3n) is 13.3. The van der Waals surface area contributed by atoms with Gasteiger partial charge in [0.25, 0.3) is 11.8 Å². The van der Waals surface area contributed by atoms with Crippen molar-refractivity contribution in [2.24, 2.45) is 5.92 Å². The number of likely N-dealkylation sites (tertiary alicyclic amines) is 2. The average molecular weight is 970 g/mol. The van der Waals surface area contributed by atoms with E-state index in [-0.39, 0.29) is 30.6 Å². The van der Waals surface area contributed by atoms with Crippen molar-refractivity contribution in [1.29, 1.82) is 0 Å². The van der Waals surface area contributed by atoms with Crippen molar-refractivity contribution in [2.45, 2.75) is 62.8 Å². The zero-order valence-corrected chi connectivity index (χ0v) is 37.8. The lowest BCUT2D eigenvalue weighted by Gasteiger charge is -2.46. The number of ether oxygens (including phenoxy) is 1. The molecule has 360 valence electrons. The lowest BCUT2D eigenvalue weighted by Crippen LogP contribution is -2.54. The van der Waals surface area contributed by atoms with E-state index in [2.05, 4.69) is 40.3 Å². The summed E-state index contributed by atoms with van der Waals surface area (Å²) >= 11 is 6.65. The fourth-order valence-electron chi connectivity index (χ4n) is 9.75. The highest BCUT2D eigenvalue weighted by Crippen LogP contribution is 2.35. The zero-order chi connectivity index (χ0) is 48.6.